The first-order chi connectivity index (χ1) is 20.3. The fraction of sp³-hybridized carbons (Fsp3) is 0.229. The van der Waals surface area contributed by atoms with Gasteiger partial charge in [0, 0.05) is 6.04 Å². The van der Waals surface area contributed by atoms with E-state index in [2.05, 4.69) is 17.4 Å². The maximum Gasteiger partial charge on any atom is 0.252 e. The van der Waals surface area contributed by atoms with Gasteiger partial charge in [0.15, 0.2) is 0 Å². The minimum absolute atomic E-state index is 0.0485. The normalized spacial score (nSPS) is 11.5. The fourth-order valence-electron chi connectivity index (χ4n) is 5.35. The highest BCUT2D eigenvalue weighted by Crippen LogP contribution is 2.34. The van der Waals surface area contributed by atoms with Gasteiger partial charge in [0.25, 0.3) is 5.91 Å². The standard InChI is InChI=1S/C35H37N3O4/c1-3-10-26-22-29(31(33(36)39)32(34(37)40)30(26)25-16-19-28(42-2)20-17-25)35(41)38-27(21-24-13-8-5-9-14-24)18-15-23-11-6-4-7-12-23/h4-9,11-14,16-17,19-20,22,27H,3,10,15,18,21H2,1-2H3,(H2,36,39)(H2,37,40)(H,38,41). The highest BCUT2D eigenvalue weighted by atomic mass is 16.5. The highest BCUT2D eigenvalue weighted by Gasteiger charge is 2.29. The summed E-state index contributed by atoms with van der Waals surface area (Å²) in [5.41, 5.74) is 15.7. The number of nitrogens with two attached hydrogens (primary N) is 2. The molecule has 42 heavy (non-hydrogen) atoms. The second-order valence-electron chi connectivity index (χ2n) is 10.3. The van der Waals surface area contributed by atoms with Crippen molar-refractivity contribution in [3.05, 3.63) is 124 Å². The molecule has 3 amide bonds. The van der Waals surface area contributed by atoms with Crippen molar-refractivity contribution in [1.29, 1.82) is 0 Å². The molecule has 0 saturated carbocycles. The first-order valence-electron chi connectivity index (χ1n) is 14.1. The molecule has 0 saturated heterocycles. The van der Waals surface area contributed by atoms with Gasteiger partial charge in [-0.3, -0.25) is 14.4 Å². The molecule has 0 fully saturated rings. The van der Waals surface area contributed by atoms with Crippen LogP contribution in [0.3, 0.4) is 0 Å². The zero-order chi connectivity index (χ0) is 30.1. The zero-order valence-electron chi connectivity index (χ0n) is 24.1. The van der Waals surface area contributed by atoms with Crippen molar-refractivity contribution >= 4 is 17.7 Å². The first-order valence-corrected chi connectivity index (χ1v) is 14.1. The average molecular weight is 564 g/mol. The van der Waals surface area contributed by atoms with Crippen LogP contribution in [0.2, 0.25) is 0 Å². The molecule has 0 aromatic heterocycles. The Kier molecular flexibility index (Phi) is 10.1. The lowest BCUT2D eigenvalue weighted by Gasteiger charge is -2.23. The number of rotatable bonds is 13. The van der Waals surface area contributed by atoms with Crippen molar-refractivity contribution < 1.29 is 19.1 Å². The molecule has 1 unspecified atom stereocenters. The summed E-state index contributed by atoms with van der Waals surface area (Å²) >= 11 is 0. The van der Waals surface area contributed by atoms with Gasteiger partial charge in [0.1, 0.15) is 5.75 Å². The number of ether oxygens (including phenoxy) is 1. The summed E-state index contributed by atoms with van der Waals surface area (Å²) in [6.07, 6.45) is 3.32. The van der Waals surface area contributed by atoms with Gasteiger partial charge < -0.3 is 21.5 Å². The molecule has 0 aliphatic heterocycles. The number of carbonyl (C=O) groups is 3. The molecule has 4 rings (SSSR count). The van der Waals surface area contributed by atoms with Gasteiger partial charge in [-0.25, -0.2) is 0 Å². The van der Waals surface area contributed by atoms with Crippen LogP contribution in [0, 0.1) is 0 Å². The molecule has 4 aromatic carbocycles. The third kappa shape index (κ3) is 7.23. The quantitative estimate of drug-likeness (QED) is 0.199. The molecule has 0 spiro atoms. The lowest BCUT2D eigenvalue weighted by Crippen LogP contribution is -2.38. The number of hydrogen-bond donors (Lipinski definition) is 3. The molecule has 0 heterocycles. The fourth-order valence-corrected chi connectivity index (χ4v) is 5.35. The Labute approximate surface area is 246 Å². The lowest BCUT2D eigenvalue weighted by molar-refractivity contribution is 0.0918. The van der Waals surface area contributed by atoms with Crippen molar-refractivity contribution in [3.63, 3.8) is 0 Å². The van der Waals surface area contributed by atoms with Crippen LogP contribution < -0.4 is 21.5 Å². The Hall–Kier alpha value is -4.91. The Balaban J connectivity index is 1.78. The van der Waals surface area contributed by atoms with Gasteiger partial charge in [-0.05, 0) is 71.7 Å². The van der Waals surface area contributed by atoms with Gasteiger partial charge in [-0.15, -0.1) is 0 Å². The van der Waals surface area contributed by atoms with E-state index in [9.17, 15) is 14.4 Å². The molecular weight excluding hydrogens is 526 g/mol. The van der Waals surface area contributed by atoms with Crippen LogP contribution in [-0.2, 0) is 19.3 Å². The highest BCUT2D eigenvalue weighted by molar-refractivity contribution is 6.17. The van der Waals surface area contributed by atoms with E-state index in [1.54, 1.807) is 37.4 Å². The predicted octanol–water partition coefficient (Wildman–Crippen LogP) is 5.49. The molecule has 7 nitrogen and oxygen atoms in total. The summed E-state index contributed by atoms with van der Waals surface area (Å²) in [5, 5.41) is 3.14. The molecule has 0 aliphatic carbocycles. The van der Waals surface area contributed by atoms with Crippen LogP contribution in [0.1, 0.15) is 67.5 Å². The molecule has 7 heteroatoms. The summed E-state index contributed by atoms with van der Waals surface area (Å²) < 4.78 is 5.28. The van der Waals surface area contributed by atoms with Gasteiger partial charge in [-0.2, -0.15) is 0 Å². The second-order valence-corrected chi connectivity index (χ2v) is 10.3. The number of primary amides is 2. The maximum atomic E-state index is 14.0. The zero-order valence-corrected chi connectivity index (χ0v) is 24.1. The number of benzene rings is 4. The number of nitrogens with one attached hydrogen (secondary N) is 1. The third-order valence-electron chi connectivity index (χ3n) is 7.33. The number of amides is 3. The number of aryl methyl sites for hydroxylation is 2. The van der Waals surface area contributed by atoms with Gasteiger partial charge >= 0.3 is 0 Å². The van der Waals surface area contributed by atoms with Crippen molar-refractivity contribution in [3.8, 4) is 16.9 Å². The van der Waals surface area contributed by atoms with Crippen molar-refractivity contribution in [2.45, 2.75) is 45.1 Å². The Morgan fingerprint density at radius 3 is 1.93 bits per heavy atom. The van der Waals surface area contributed by atoms with Crippen LogP contribution in [0.5, 0.6) is 5.75 Å². The summed E-state index contributed by atoms with van der Waals surface area (Å²) in [4.78, 5) is 39.8. The van der Waals surface area contributed by atoms with Crippen LogP contribution in [0.15, 0.2) is 91.0 Å². The lowest BCUT2D eigenvalue weighted by atomic mass is 9.85. The summed E-state index contributed by atoms with van der Waals surface area (Å²) in [6.45, 7) is 2.00. The smallest absolute Gasteiger partial charge is 0.252 e. The molecule has 0 aliphatic rings. The van der Waals surface area contributed by atoms with E-state index in [1.807, 2.05) is 55.5 Å². The molecule has 1 atom stereocenters. The van der Waals surface area contributed by atoms with Crippen LogP contribution in [-0.4, -0.2) is 30.9 Å². The molecule has 5 N–H and O–H groups in total. The number of hydrogen-bond acceptors (Lipinski definition) is 4. The second kappa shape index (κ2) is 14.1. The van der Waals surface area contributed by atoms with E-state index in [0.29, 0.717) is 36.1 Å². The number of methoxy groups -OCH3 is 1. The van der Waals surface area contributed by atoms with Crippen molar-refractivity contribution in [1.82, 2.24) is 5.32 Å². The van der Waals surface area contributed by atoms with E-state index in [1.165, 1.54) is 0 Å². The van der Waals surface area contributed by atoms with E-state index in [4.69, 9.17) is 16.2 Å². The van der Waals surface area contributed by atoms with E-state index >= 15 is 0 Å². The average Bonchev–Trinajstić information content (AvgIpc) is 3.00. The van der Waals surface area contributed by atoms with Gasteiger partial charge in [-0.1, -0.05) is 86.1 Å². The van der Waals surface area contributed by atoms with Gasteiger partial charge in [0.05, 0.1) is 23.8 Å². The summed E-state index contributed by atoms with van der Waals surface area (Å²) in [6, 6.07) is 28.5. The Bertz CT molecular complexity index is 1530. The first kappa shape index (κ1) is 30.1. The third-order valence-corrected chi connectivity index (χ3v) is 7.33. The van der Waals surface area contributed by atoms with E-state index < -0.39 is 17.7 Å². The predicted molar refractivity (Wildman–Crippen MR) is 166 cm³/mol. The maximum absolute atomic E-state index is 14.0. The van der Waals surface area contributed by atoms with E-state index in [0.717, 1.165) is 29.5 Å². The molecule has 0 radical (unpaired) electrons. The van der Waals surface area contributed by atoms with Gasteiger partial charge in [0.2, 0.25) is 11.8 Å². The molecule has 4 aromatic rings. The Morgan fingerprint density at radius 2 is 1.38 bits per heavy atom. The largest absolute Gasteiger partial charge is 0.497 e. The minimum atomic E-state index is -0.893. The van der Waals surface area contributed by atoms with Crippen molar-refractivity contribution in [2.24, 2.45) is 11.5 Å². The summed E-state index contributed by atoms with van der Waals surface area (Å²) in [7, 11) is 1.57. The topological polar surface area (TPSA) is 125 Å². The van der Waals surface area contributed by atoms with Crippen molar-refractivity contribution in [2.75, 3.05) is 7.11 Å². The SMILES string of the molecule is CCCc1cc(C(=O)NC(CCc2ccccc2)Cc2ccccc2)c(C(N)=O)c(C(N)=O)c1-c1ccc(OC)cc1. The minimum Gasteiger partial charge on any atom is -0.497 e. The molecule has 0 bridgehead atoms. The van der Waals surface area contributed by atoms with Crippen LogP contribution >= 0.6 is 0 Å². The summed E-state index contributed by atoms with van der Waals surface area (Å²) in [5.74, 6) is -1.55. The molecule has 216 valence electrons. The van der Waals surface area contributed by atoms with E-state index in [-0.39, 0.29) is 22.7 Å². The van der Waals surface area contributed by atoms with Crippen LogP contribution in [0.4, 0.5) is 0 Å². The Morgan fingerprint density at radius 1 is 0.786 bits per heavy atom. The monoisotopic (exact) mass is 563 g/mol. The molecular formula is C35H37N3O4. The number of carbonyl (C=O) groups excluding carboxylic acids is 3. The van der Waals surface area contributed by atoms with Crippen LogP contribution in [0.25, 0.3) is 11.1 Å².